The maximum atomic E-state index is 10.4. The van der Waals surface area contributed by atoms with Crippen LogP contribution in [0.25, 0.3) is 0 Å². The molecule has 68 valence electrons. The van der Waals surface area contributed by atoms with E-state index in [4.69, 9.17) is 0 Å². The summed E-state index contributed by atoms with van der Waals surface area (Å²) < 4.78 is 0.713. The zero-order chi connectivity index (χ0) is 9.84. The smallest absolute Gasteiger partial charge is 0.269 e. The lowest BCUT2D eigenvalue weighted by molar-refractivity contribution is -0.384. The van der Waals surface area contributed by atoms with Crippen molar-refractivity contribution >= 4 is 27.9 Å². The molecule has 0 aliphatic rings. The van der Waals surface area contributed by atoms with Crippen molar-refractivity contribution in [3.8, 4) is 0 Å². The number of halogens is 1. The maximum Gasteiger partial charge on any atom is 0.269 e. The predicted octanol–water partition coefficient (Wildman–Crippen LogP) is 2.10. The minimum absolute atomic E-state index is 0.0000463. The molecular weight excluding hydrogens is 238 g/mol. The molecule has 0 spiro atoms. The van der Waals surface area contributed by atoms with Gasteiger partial charge < -0.3 is 4.79 Å². The molecule has 0 amide bonds. The quantitative estimate of drug-likeness (QED) is 0.464. The highest BCUT2D eigenvalue weighted by Gasteiger charge is 2.08. The fourth-order valence-electron chi connectivity index (χ4n) is 0.921. The number of hydrogen-bond donors (Lipinski definition) is 0. The second-order valence-electron chi connectivity index (χ2n) is 2.40. The van der Waals surface area contributed by atoms with Gasteiger partial charge in [-0.25, -0.2) is 0 Å². The first kappa shape index (κ1) is 9.85. The van der Waals surface area contributed by atoms with Gasteiger partial charge >= 0.3 is 0 Å². The van der Waals surface area contributed by atoms with Crippen molar-refractivity contribution < 1.29 is 9.72 Å². The first-order valence-electron chi connectivity index (χ1n) is 3.51. The minimum atomic E-state index is -0.485. The molecule has 1 aromatic carbocycles. The lowest BCUT2D eigenvalue weighted by Gasteiger charge is -1.98. The van der Waals surface area contributed by atoms with Gasteiger partial charge in [-0.1, -0.05) is 15.9 Å². The first-order chi connectivity index (χ1) is 6.15. The van der Waals surface area contributed by atoms with Gasteiger partial charge in [-0.2, -0.15) is 0 Å². The summed E-state index contributed by atoms with van der Waals surface area (Å²) >= 11 is 3.20. The number of carbonyl (C=O) groups is 1. The minimum Gasteiger partial charge on any atom is -0.303 e. The molecule has 0 bridgehead atoms. The summed E-state index contributed by atoms with van der Waals surface area (Å²) in [6.07, 6.45) is 0.895. The third kappa shape index (κ3) is 2.35. The van der Waals surface area contributed by atoms with E-state index in [1.807, 2.05) is 0 Å². The van der Waals surface area contributed by atoms with E-state index in [0.717, 1.165) is 0 Å². The summed E-state index contributed by atoms with van der Waals surface area (Å²) in [6.45, 7) is 0. The number of rotatable bonds is 3. The summed E-state index contributed by atoms with van der Waals surface area (Å²) in [7, 11) is 0. The van der Waals surface area contributed by atoms with Gasteiger partial charge in [-0.15, -0.1) is 0 Å². The number of benzene rings is 1. The van der Waals surface area contributed by atoms with Crippen LogP contribution in [0.4, 0.5) is 5.69 Å². The van der Waals surface area contributed by atoms with E-state index in [2.05, 4.69) is 15.9 Å². The Morgan fingerprint density at radius 2 is 2.23 bits per heavy atom. The highest BCUT2D eigenvalue weighted by molar-refractivity contribution is 9.10. The number of carbonyl (C=O) groups excluding carboxylic acids is 1. The van der Waals surface area contributed by atoms with E-state index in [1.165, 1.54) is 12.1 Å². The van der Waals surface area contributed by atoms with Gasteiger partial charge in [0.05, 0.1) is 4.92 Å². The van der Waals surface area contributed by atoms with E-state index in [-0.39, 0.29) is 12.1 Å². The normalized spacial score (nSPS) is 9.62. The third-order valence-electron chi connectivity index (χ3n) is 1.54. The summed E-state index contributed by atoms with van der Waals surface area (Å²) in [6, 6.07) is 4.34. The average molecular weight is 244 g/mol. The Morgan fingerprint density at radius 3 is 2.77 bits per heavy atom. The number of nitro benzene ring substituents is 1. The molecule has 0 unspecified atom stereocenters. The number of non-ortho nitro benzene ring substituents is 1. The predicted molar refractivity (Wildman–Crippen MR) is 50.6 cm³/mol. The molecule has 1 aromatic rings. The van der Waals surface area contributed by atoms with Crippen LogP contribution >= 0.6 is 15.9 Å². The van der Waals surface area contributed by atoms with Gasteiger partial charge in [-0.05, 0) is 11.6 Å². The molecule has 0 saturated carbocycles. The van der Waals surface area contributed by atoms with Gasteiger partial charge in [-0.3, -0.25) is 10.1 Å². The fourth-order valence-corrected chi connectivity index (χ4v) is 1.33. The Kier molecular flexibility index (Phi) is 3.13. The van der Waals surface area contributed by atoms with Crippen LogP contribution in [0, 0.1) is 10.1 Å². The van der Waals surface area contributed by atoms with Crippen LogP contribution in [0.15, 0.2) is 22.7 Å². The third-order valence-corrected chi connectivity index (χ3v) is 2.32. The number of nitrogens with zero attached hydrogens (tertiary/aromatic N) is 1. The van der Waals surface area contributed by atoms with Gasteiger partial charge in [0, 0.05) is 23.0 Å². The molecule has 0 radical (unpaired) electrons. The molecule has 0 N–H and O–H groups in total. The summed E-state index contributed by atoms with van der Waals surface area (Å²) in [5.41, 5.74) is 0.629. The highest BCUT2D eigenvalue weighted by Crippen LogP contribution is 2.22. The molecular formula is C8H6BrNO3. The van der Waals surface area contributed by atoms with Gasteiger partial charge in [0.25, 0.3) is 5.69 Å². The van der Waals surface area contributed by atoms with E-state index >= 15 is 0 Å². The van der Waals surface area contributed by atoms with Gasteiger partial charge in [0.1, 0.15) is 6.29 Å². The lowest BCUT2D eigenvalue weighted by atomic mass is 10.1. The number of hydrogen-bond acceptors (Lipinski definition) is 3. The van der Waals surface area contributed by atoms with Crippen molar-refractivity contribution in [1.82, 2.24) is 0 Å². The topological polar surface area (TPSA) is 60.2 Å². The van der Waals surface area contributed by atoms with E-state index < -0.39 is 4.92 Å². The molecule has 4 nitrogen and oxygen atoms in total. The summed E-state index contributed by atoms with van der Waals surface area (Å²) in [5, 5.41) is 10.4. The first-order valence-corrected chi connectivity index (χ1v) is 4.31. The van der Waals surface area contributed by atoms with Crippen molar-refractivity contribution in [2.45, 2.75) is 6.42 Å². The van der Waals surface area contributed by atoms with Crippen LogP contribution in [-0.2, 0) is 11.2 Å². The number of nitro groups is 1. The van der Waals surface area contributed by atoms with Gasteiger partial charge in [0.15, 0.2) is 0 Å². The zero-order valence-electron chi connectivity index (χ0n) is 6.57. The second-order valence-corrected chi connectivity index (χ2v) is 3.26. The van der Waals surface area contributed by atoms with Crippen molar-refractivity contribution in [1.29, 1.82) is 0 Å². The average Bonchev–Trinajstić information content (AvgIpc) is 2.08. The van der Waals surface area contributed by atoms with Gasteiger partial charge in [0.2, 0.25) is 0 Å². The molecule has 0 atom stereocenters. The molecule has 5 heteroatoms. The van der Waals surface area contributed by atoms with Crippen LogP contribution in [0.3, 0.4) is 0 Å². The van der Waals surface area contributed by atoms with Crippen molar-refractivity contribution in [2.24, 2.45) is 0 Å². The Bertz CT molecular complexity index is 351. The highest BCUT2D eigenvalue weighted by atomic mass is 79.9. The summed E-state index contributed by atoms with van der Waals surface area (Å²) in [5.74, 6) is 0. The number of aldehydes is 1. The van der Waals surface area contributed by atoms with E-state index in [0.29, 0.717) is 16.3 Å². The van der Waals surface area contributed by atoms with Crippen LogP contribution in [0.2, 0.25) is 0 Å². The van der Waals surface area contributed by atoms with Crippen molar-refractivity contribution in [3.05, 3.63) is 38.3 Å². The lowest BCUT2D eigenvalue weighted by Crippen LogP contribution is -1.92. The molecule has 0 saturated heterocycles. The Balaban J connectivity index is 3.10. The van der Waals surface area contributed by atoms with Crippen LogP contribution in [0.5, 0.6) is 0 Å². The molecule has 0 heterocycles. The second kappa shape index (κ2) is 4.13. The molecule has 1 rings (SSSR count). The molecule has 0 fully saturated rings. The Labute approximate surface area is 82.8 Å². The molecule has 0 aliphatic carbocycles. The maximum absolute atomic E-state index is 10.4. The van der Waals surface area contributed by atoms with E-state index in [1.54, 1.807) is 6.07 Å². The van der Waals surface area contributed by atoms with E-state index in [9.17, 15) is 14.9 Å². The van der Waals surface area contributed by atoms with Crippen molar-refractivity contribution in [2.75, 3.05) is 0 Å². The molecule has 0 aromatic heterocycles. The Hall–Kier alpha value is -1.23. The fraction of sp³-hybridized carbons (Fsp3) is 0.125. The van der Waals surface area contributed by atoms with Crippen LogP contribution in [0.1, 0.15) is 5.56 Å². The standard InChI is InChI=1S/C8H6BrNO3/c9-8-2-1-7(10(12)13)5-6(8)3-4-11/h1-2,4-5H,3H2. The van der Waals surface area contributed by atoms with Crippen LogP contribution in [-0.4, -0.2) is 11.2 Å². The zero-order valence-corrected chi connectivity index (χ0v) is 8.15. The summed E-state index contributed by atoms with van der Waals surface area (Å²) in [4.78, 5) is 20.1. The van der Waals surface area contributed by atoms with Crippen molar-refractivity contribution in [3.63, 3.8) is 0 Å². The van der Waals surface area contributed by atoms with Crippen LogP contribution < -0.4 is 0 Å². The molecule has 13 heavy (non-hydrogen) atoms. The monoisotopic (exact) mass is 243 g/mol. The Morgan fingerprint density at radius 1 is 1.54 bits per heavy atom. The molecule has 0 aliphatic heterocycles. The largest absolute Gasteiger partial charge is 0.303 e. The SMILES string of the molecule is O=CCc1cc([N+](=O)[O-])ccc1Br.